The molecule has 0 aliphatic rings. The zero-order chi connectivity index (χ0) is 13.7. The Morgan fingerprint density at radius 3 is 2.68 bits per heavy atom. The van der Waals surface area contributed by atoms with E-state index in [-0.39, 0.29) is 0 Å². The normalized spacial score (nSPS) is 13.0. The van der Waals surface area contributed by atoms with Crippen molar-refractivity contribution in [2.75, 3.05) is 0 Å². The Bertz CT molecular complexity index is 518. The molecule has 0 spiro atoms. The molecule has 104 valence electrons. The van der Waals surface area contributed by atoms with Crippen LogP contribution in [0.2, 0.25) is 0 Å². The summed E-state index contributed by atoms with van der Waals surface area (Å²) in [5.41, 5.74) is 2.13. The number of para-hydroxylation sites is 2. The molecule has 1 aromatic carbocycles. The van der Waals surface area contributed by atoms with Crippen LogP contribution in [0, 0.1) is 0 Å². The summed E-state index contributed by atoms with van der Waals surface area (Å²) in [6.45, 7) is 5.25. The highest BCUT2D eigenvalue weighted by Crippen LogP contribution is 2.24. The first-order valence-electron chi connectivity index (χ1n) is 7.41. The average molecular weight is 260 g/mol. The van der Waals surface area contributed by atoms with Crippen molar-refractivity contribution < 1.29 is 5.11 Å². The molecule has 1 N–H and O–H groups in total. The first kappa shape index (κ1) is 14.1. The third kappa shape index (κ3) is 3.16. The minimum atomic E-state index is -0.445. The largest absolute Gasteiger partial charge is 0.385 e. The fourth-order valence-electron chi connectivity index (χ4n) is 2.51. The van der Waals surface area contributed by atoms with Gasteiger partial charge >= 0.3 is 0 Å². The zero-order valence-electron chi connectivity index (χ0n) is 12.0. The van der Waals surface area contributed by atoms with Crippen molar-refractivity contribution in [2.24, 2.45) is 0 Å². The lowest BCUT2D eigenvalue weighted by Gasteiger charge is -2.13. The summed E-state index contributed by atoms with van der Waals surface area (Å²) in [6.07, 6.45) is 4.87. The van der Waals surface area contributed by atoms with Gasteiger partial charge in [-0.15, -0.1) is 0 Å². The second-order valence-electron chi connectivity index (χ2n) is 5.12. The third-order valence-corrected chi connectivity index (χ3v) is 3.53. The summed E-state index contributed by atoms with van der Waals surface area (Å²) in [7, 11) is 0. The first-order valence-corrected chi connectivity index (χ1v) is 7.41. The molecule has 0 radical (unpaired) electrons. The maximum Gasteiger partial charge on any atom is 0.138 e. The highest BCUT2D eigenvalue weighted by Gasteiger charge is 2.16. The van der Waals surface area contributed by atoms with Crippen LogP contribution >= 0.6 is 0 Å². The third-order valence-electron chi connectivity index (χ3n) is 3.53. The van der Waals surface area contributed by atoms with Crippen molar-refractivity contribution >= 4 is 11.0 Å². The number of imidazole rings is 1. The molecule has 2 rings (SSSR count). The van der Waals surface area contributed by atoms with Crippen molar-refractivity contribution in [3.63, 3.8) is 0 Å². The van der Waals surface area contributed by atoms with E-state index in [1.54, 1.807) is 0 Å². The predicted octanol–water partition coefficient (Wildman–Crippen LogP) is 4.06. The summed E-state index contributed by atoms with van der Waals surface area (Å²) in [5.74, 6) is 0.833. The molecule has 0 saturated carbocycles. The zero-order valence-corrected chi connectivity index (χ0v) is 12.0. The number of rotatable bonds is 7. The standard InChI is InChI=1S/C16H24N2O/c1-3-5-8-12-18-14-11-7-6-10-13(14)17-16(18)15(19)9-4-2/h6-7,10-11,15,19H,3-5,8-9,12H2,1-2H3/t15-/m0/s1. The summed E-state index contributed by atoms with van der Waals surface area (Å²) >= 11 is 0. The maximum atomic E-state index is 10.3. The van der Waals surface area contributed by atoms with E-state index in [4.69, 9.17) is 0 Å². The Labute approximate surface area is 115 Å². The quantitative estimate of drug-likeness (QED) is 0.762. The average Bonchev–Trinajstić information content (AvgIpc) is 2.79. The fourth-order valence-corrected chi connectivity index (χ4v) is 2.51. The summed E-state index contributed by atoms with van der Waals surface area (Å²) in [4.78, 5) is 4.62. The van der Waals surface area contributed by atoms with Gasteiger partial charge < -0.3 is 9.67 Å². The van der Waals surface area contributed by atoms with Crippen LogP contribution in [0.1, 0.15) is 57.9 Å². The van der Waals surface area contributed by atoms with Crippen LogP contribution in [0.15, 0.2) is 24.3 Å². The molecule has 0 aliphatic heterocycles. The number of fused-ring (bicyclic) bond motifs is 1. The molecule has 2 aromatic rings. The number of unbranched alkanes of at least 4 members (excludes halogenated alkanes) is 2. The van der Waals surface area contributed by atoms with Gasteiger partial charge in [0.25, 0.3) is 0 Å². The minimum Gasteiger partial charge on any atom is -0.385 e. The van der Waals surface area contributed by atoms with E-state index in [2.05, 4.69) is 29.5 Å². The lowest BCUT2D eigenvalue weighted by Crippen LogP contribution is -2.09. The summed E-state index contributed by atoms with van der Waals surface area (Å²) in [6, 6.07) is 8.16. The highest BCUT2D eigenvalue weighted by atomic mass is 16.3. The van der Waals surface area contributed by atoms with Crippen molar-refractivity contribution in [3.05, 3.63) is 30.1 Å². The van der Waals surface area contributed by atoms with E-state index in [1.165, 1.54) is 12.8 Å². The lowest BCUT2D eigenvalue weighted by atomic mass is 10.2. The number of hydrogen-bond donors (Lipinski definition) is 1. The molecule has 1 heterocycles. The Kier molecular flexibility index (Phi) is 4.97. The number of hydrogen-bond acceptors (Lipinski definition) is 2. The molecule has 1 aromatic heterocycles. The molecule has 0 saturated heterocycles. The molecule has 0 fully saturated rings. The van der Waals surface area contributed by atoms with Gasteiger partial charge in [0, 0.05) is 6.54 Å². The number of aryl methyl sites for hydroxylation is 1. The molecule has 19 heavy (non-hydrogen) atoms. The second kappa shape index (κ2) is 6.71. The Hall–Kier alpha value is -1.35. The van der Waals surface area contributed by atoms with Gasteiger partial charge in [0.15, 0.2) is 0 Å². The highest BCUT2D eigenvalue weighted by molar-refractivity contribution is 5.76. The van der Waals surface area contributed by atoms with Crippen molar-refractivity contribution in [1.82, 2.24) is 9.55 Å². The van der Waals surface area contributed by atoms with Gasteiger partial charge in [0.05, 0.1) is 11.0 Å². The second-order valence-corrected chi connectivity index (χ2v) is 5.12. The molecule has 0 bridgehead atoms. The van der Waals surface area contributed by atoms with Crippen LogP contribution < -0.4 is 0 Å². The van der Waals surface area contributed by atoms with Gasteiger partial charge in [-0.1, -0.05) is 45.2 Å². The maximum absolute atomic E-state index is 10.3. The van der Waals surface area contributed by atoms with Crippen LogP contribution in [0.3, 0.4) is 0 Å². The van der Waals surface area contributed by atoms with Gasteiger partial charge in [-0.2, -0.15) is 0 Å². The summed E-state index contributed by atoms with van der Waals surface area (Å²) < 4.78 is 2.20. The Morgan fingerprint density at radius 2 is 1.95 bits per heavy atom. The lowest BCUT2D eigenvalue weighted by molar-refractivity contribution is 0.152. The number of aromatic nitrogens is 2. The van der Waals surface area contributed by atoms with Crippen LogP contribution in [-0.2, 0) is 6.54 Å². The van der Waals surface area contributed by atoms with Crippen LogP contribution in [-0.4, -0.2) is 14.7 Å². The summed E-state index contributed by atoms with van der Waals surface area (Å²) in [5, 5.41) is 10.3. The van der Waals surface area contributed by atoms with Gasteiger partial charge in [-0.25, -0.2) is 4.98 Å². The SMILES string of the molecule is CCCCCn1c([C@@H](O)CCC)nc2ccccc21. The van der Waals surface area contributed by atoms with Gasteiger partial charge in [-0.3, -0.25) is 0 Å². The van der Waals surface area contributed by atoms with E-state index >= 15 is 0 Å². The van der Waals surface area contributed by atoms with E-state index in [0.717, 1.165) is 42.7 Å². The predicted molar refractivity (Wildman–Crippen MR) is 79.1 cm³/mol. The topological polar surface area (TPSA) is 38.0 Å². The van der Waals surface area contributed by atoms with E-state index in [0.29, 0.717) is 0 Å². The van der Waals surface area contributed by atoms with Crippen LogP contribution in [0.5, 0.6) is 0 Å². The molecular formula is C16H24N2O. The van der Waals surface area contributed by atoms with Crippen LogP contribution in [0.25, 0.3) is 11.0 Å². The fraction of sp³-hybridized carbons (Fsp3) is 0.562. The van der Waals surface area contributed by atoms with Gasteiger partial charge in [0.2, 0.25) is 0 Å². The number of aliphatic hydroxyl groups is 1. The van der Waals surface area contributed by atoms with Crippen molar-refractivity contribution in [2.45, 2.75) is 58.6 Å². The molecule has 3 nitrogen and oxygen atoms in total. The molecule has 3 heteroatoms. The van der Waals surface area contributed by atoms with Gasteiger partial charge in [0.1, 0.15) is 11.9 Å². The molecular weight excluding hydrogens is 236 g/mol. The van der Waals surface area contributed by atoms with Crippen molar-refractivity contribution in [3.8, 4) is 0 Å². The van der Waals surface area contributed by atoms with E-state index < -0.39 is 6.10 Å². The Balaban J connectivity index is 2.34. The number of nitrogens with zero attached hydrogens (tertiary/aromatic N) is 2. The van der Waals surface area contributed by atoms with Crippen LogP contribution in [0.4, 0.5) is 0 Å². The Morgan fingerprint density at radius 1 is 1.16 bits per heavy atom. The monoisotopic (exact) mass is 260 g/mol. The number of benzene rings is 1. The smallest absolute Gasteiger partial charge is 0.138 e. The van der Waals surface area contributed by atoms with Crippen molar-refractivity contribution in [1.29, 1.82) is 0 Å². The molecule has 0 aliphatic carbocycles. The molecule has 0 unspecified atom stereocenters. The van der Waals surface area contributed by atoms with Gasteiger partial charge in [-0.05, 0) is 25.0 Å². The van der Waals surface area contributed by atoms with E-state index in [1.807, 2.05) is 18.2 Å². The minimum absolute atomic E-state index is 0.445. The molecule has 1 atom stereocenters. The number of aliphatic hydroxyl groups excluding tert-OH is 1. The van der Waals surface area contributed by atoms with E-state index in [9.17, 15) is 5.11 Å². The first-order chi connectivity index (χ1) is 9.27. The molecule has 0 amide bonds.